The third-order valence-corrected chi connectivity index (χ3v) is 10.6. The first-order chi connectivity index (χ1) is 20.2. The maximum absolute atomic E-state index is 14.6. The third kappa shape index (κ3) is 3.60. The van der Waals surface area contributed by atoms with Crippen LogP contribution in [0.2, 0.25) is 0 Å². The first kappa shape index (κ1) is 26.9. The molecule has 5 nitrogen and oxygen atoms in total. The van der Waals surface area contributed by atoms with Gasteiger partial charge in [-0.1, -0.05) is 84.9 Å². The van der Waals surface area contributed by atoms with Gasteiger partial charge in [-0.25, -0.2) is 0 Å². The Morgan fingerprint density at radius 2 is 1.21 bits per heavy atom. The van der Waals surface area contributed by atoms with E-state index in [0.29, 0.717) is 5.69 Å². The Hall–Kier alpha value is -3.93. The van der Waals surface area contributed by atoms with Gasteiger partial charge in [-0.15, -0.1) is 23.2 Å². The minimum atomic E-state index is -1.31. The van der Waals surface area contributed by atoms with Crippen molar-refractivity contribution in [1.82, 2.24) is 4.90 Å². The maximum Gasteiger partial charge on any atom is 0.248 e. The zero-order chi connectivity index (χ0) is 29.4. The number of benzene rings is 4. The highest BCUT2D eigenvalue weighted by Gasteiger charge is 2.73. The molecular weight excluding hydrogens is 567 g/mol. The van der Waals surface area contributed by atoms with E-state index >= 15 is 0 Å². The van der Waals surface area contributed by atoms with E-state index in [2.05, 4.69) is 5.32 Å². The summed E-state index contributed by atoms with van der Waals surface area (Å²) in [4.78, 5) is 41.7. The number of hydrogen-bond donors (Lipinski definition) is 1. The van der Waals surface area contributed by atoms with Gasteiger partial charge < -0.3 is 5.32 Å². The van der Waals surface area contributed by atoms with E-state index in [4.69, 9.17) is 23.2 Å². The van der Waals surface area contributed by atoms with Crippen LogP contribution in [0.4, 0.5) is 5.69 Å². The fourth-order valence-electron chi connectivity index (χ4n) is 7.18. The Labute approximate surface area is 254 Å². The molecule has 8 rings (SSSR count). The van der Waals surface area contributed by atoms with Crippen molar-refractivity contribution in [2.24, 2.45) is 11.8 Å². The molecule has 0 spiro atoms. The number of carbonyl (C=O) groups is 3. The molecule has 4 aromatic rings. The van der Waals surface area contributed by atoms with Crippen LogP contribution >= 0.6 is 23.2 Å². The molecule has 7 heteroatoms. The number of rotatable bonds is 5. The summed E-state index contributed by atoms with van der Waals surface area (Å²) in [7, 11) is 0. The highest BCUT2D eigenvalue weighted by molar-refractivity contribution is 6.36. The van der Waals surface area contributed by atoms with Gasteiger partial charge in [-0.05, 0) is 64.9 Å². The van der Waals surface area contributed by atoms with Crippen molar-refractivity contribution >= 4 is 46.6 Å². The van der Waals surface area contributed by atoms with Gasteiger partial charge in [-0.3, -0.25) is 19.3 Å². The molecule has 4 aliphatic rings. The van der Waals surface area contributed by atoms with Gasteiger partial charge in [0.15, 0.2) is 0 Å². The van der Waals surface area contributed by atoms with Crippen LogP contribution in [0.5, 0.6) is 0 Å². The molecule has 0 radical (unpaired) electrons. The van der Waals surface area contributed by atoms with Gasteiger partial charge in [0, 0.05) is 12.1 Å². The number of carbonyl (C=O) groups excluding carboxylic acids is 3. The molecule has 42 heavy (non-hydrogen) atoms. The lowest BCUT2D eigenvalue weighted by Gasteiger charge is -2.54. The molecule has 1 N–H and O–H groups in total. The van der Waals surface area contributed by atoms with Crippen molar-refractivity contribution < 1.29 is 14.4 Å². The van der Waals surface area contributed by atoms with Crippen molar-refractivity contribution in [1.29, 1.82) is 0 Å². The Morgan fingerprint density at radius 1 is 0.738 bits per heavy atom. The fourth-order valence-corrected chi connectivity index (χ4v) is 8.28. The van der Waals surface area contributed by atoms with Crippen molar-refractivity contribution in [2.75, 3.05) is 5.32 Å². The number of hydrogen-bond acceptors (Lipinski definition) is 3. The predicted molar refractivity (Wildman–Crippen MR) is 163 cm³/mol. The number of nitrogens with zero attached hydrogens (tertiary/aromatic N) is 1. The lowest BCUT2D eigenvalue weighted by molar-refractivity contribution is -0.146. The van der Waals surface area contributed by atoms with E-state index in [1.54, 1.807) is 0 Å². The summed E-state index contributed by atoms with van der Waals surface area (Å²) < 4.78 is 0. The monoisotopic (exact) mass is 594 g/mol. The lowest BCUT2D eigenvalue weighted by Crippen LogP contribution is -2.57. The molecular formula is C35H28Cl2N2O3. The maximum atomic E-state index is 14.6. The van der Waals surface area contributed by atoms with E-state index in [1.807, 2.05) is 111 Å². The second kappa shape index (κ2) is 9.55. The van der Waals surface area contributed by atoms with Gasteiger partial charge >= 0.3 is 0 Å². The summed E-state index contributed by atoms with van der Waals surface area (Å²) in [6, 6.07) is 29.0. The fraction of sp³-hybridized carbons (Fsp3) is 0.229. The smallest absolute Gasteiger partial charge is 0.248 e. The van der Waals surface area contributed by atoms with Gasteiger partial charge in [0.25, 0.3) is 0 Å². The van der Waals surface area contributed by atoms with E-state index in [9.17, 15) is 14.4 Å². The van der Waals surface area contributed by atoms with Crippen LogP contribution in [0.3, 0.4) is 0 Å². The molecule has 3 amide bonds. The zero-order valence-electron chi connectivity index (χ0n) is 23.1. The van der Waals surface area contributed by atoms with Gasteiger partial charge in [0.1, 0.15) is 15.8 Å². The van der Waals surface area contributed by atoms with E-state index < -0.39 is 45.3 Å². The lowest BCUT2D eigenvalue weighted by atomic mass is 9.54. The number of halogens is 2. The largest absolute Gasteiger partial charge is 0.324 e. The highest BCUT2D eigenvalue weighted by atomic mass is 35.5. The number of anilines is 1. The number of aryl methyl sites for hydroxylation is 2. The Kier molecular flexibility index (Phi) is 6.12. The highest BCUT2D eigenvalue weighted by Crippen LogP contribution is 2.69. The van der Waals surface area contributed by atoms with E-state index in [1.165, 1.54) is 0 Å². The van der Waals surface area contributed by atoms with Gasteiger partial charge in [-0.2, -0.15) is 0 Å². The van der Waals surface area contributed by atoms with Crippen LogP contribution in [-0.2, 0) is 30.6 Å². The van der Waals surface area contributed by atoms with Crippen LogP contribution in [0.15, 0.2) is 97.1 Å². The molecule has 2 bridgehead atoms. The summed E-state index contributed by atoms with van der Waals surface area (Å²) in [5.41, 5.74) is 6.44. The SMILES string of the molecule is Cc1ccc(NC(=O)[C@H](Cc2ccccc2)N2C(=O)[C@@H]3[C@@H](C2=O)C2(Cl)c4ccccc4C3(Cl)c3ccccc32)cc1C. The van der Waals surface area contributed by atoms with Crippen molar-refractivity contribution in [2.45, 2.75) is 36.1 Å². The van der Waals surface area contributed by atoms with Crippen LogP contribution in [0.1, 0.15) is 38.9 Å². The van der Waals surface area contributed by atoms with E-state index in [0.717, 1.165) is 43.8 Å². The van der Waals surface area contributed by atoms with Crippen molar-refractivity contribution in [3.8, 4) is 0 Å². The average Bonchev–Trinajstić information content (AvgIpc) is 3.27. The molecule has 0 unspecified atom stereocenters. The molecule has 1 aliphatic heterocycles. The first-order valence-electron chi connectivity index (χ1n) is 14.0. The number of amides is 3. The molecule has 3 aliphatic carbocycles. The molecule has 3 atom stereocenters. The second-order valence-electron chi connectivity index (χ2n) is 11.5. The number of nitrogens with one attached hydrogen (secondary N) is 1. The van der Waals surface area contributed by atoms with Gasteiger partial charge in [0.2, 0.25) is 17.7 Å². The summed E-state index contributed by atoms with van der Waals surface area (Å²) >= 11 is 15.2. The molecule has 0 aromatic heterocycles. The Bertz CT molecular complexity index is 1660. The van der Waals surface area contributed by atoms with Crippen LogP contribution in [-0.4, -0.2) is 28.7 Å². The van der Waals surface area contributed by atoms with Crippen LogP contribution in [0, 0.1) is 25.7 Å². The van der Waals surface area contributed by atoms with Crippen molar-refractivity contribution in [3.63, 3.8) is 0 Å². The minimum Gasteiger partial charge on any atom is -0.324 e. The summed E-state index contributed by atoms with van der Waals surface area (Å²) in [5.74, 6) is -3.35. The second-order valence-corrected chi connectivity index (χ2v) is 12.7. The summed E-state index contributed by atoms with van der Waals surface area (Å²) in [6.07, 6.45) is 0.152. The number of likely N-dealkylation sites (tertiary alicyclic amines) is 1. The molecule has 1 heterocycles. The molecule has 4 aromatic carbocycles. The Balaban J connectivity index is 1.36. The summed E-state index contributed by atoms with van der Waals surface area (Å²) in [6.45, 7) is 3.96. The van der Waals surface area contributed by atoms with Gasteiger partial charge in [0.05, 0.1) is 11.8 Å². The van der Waals surface area contributed by atoms with E-state index in [-0.39, 0.29) is 6.42 Å². The molecule has 210 valence electrons. The average molecular weight is 596 g/mol. The quantitative estimate of drug-likeness (QED) is 0.213. The predicted octanol–water partition coefficient (Wildman–Crippen LogP) is 6.45. The molecule has 0 saturated carbocycles. The normalized spacial score (nSPS) is 26.0. The van der Waals surface area contributed by atoms with Crippen LogP contribution < -0.4 is 5.32 Å². The third-order valence-electron chi connectivity index (χ3n) is 9.28. The summed E-state index contributed by atoms with van der Waals surface area (Å²) in [5, 5.41) is 2.97. The first-order valence-corrected chi connectivity index (χ1v) is 14.8. The minimum absolute atomic E-state index is 0.152. The van der Waals surface area contributed by atoms with Crippen molar-refractivity contribution in [3.05, 3.63) is 136 Å². The number of imide groups is 1. The topological polar surface area (TPSA) is 66.5 Å². The zero-order valence-corrected chi connectivity index (χ0v) is 24.6. The standard InChI is InChI=1S/C35H28Cl2N2O3/c1-20-16-17-23(18-21(20)2)38-31(40)28(19-22-10-4-3-5-11-22)39-32(41)29-30(33(39)42)35(37)25-13-7-6-12-24(25)34(29,36)26-14-8-9-15-27(26)35/h3-18,28-30H,19H2,1-2H3,(H,38,40)/t28-,29-,30-,34?,35?/m0/s1. The molecule has 1 fully saturated rings. The van der Waals surface area contributed by atoms with Crippen LogP contribution in [0.25, 0.3) is 0 Å². The Morgan fingerprint density at radius 3 is 1.69 bits per heavy atom. The number of alkyl halides is 2. The molecule has 1 saturated heterocycles.